The molecule has 0 radical (unpaired) electrons. The number of morpholine rings is 1. The van der Waals surface area contributed by atoms with Crippen molar-refractivity contribution >= 4 is 11.6 Å². The van der Waals surface area contributed by atoms with Crippen LogP contribution in [0, 0.1) is 6.92 Å². The van der Waals surface area contributed by atoms with Gasteiger partial charge in [-0.3, -0.25) is 9.69 Å². The molecule has 5 heteroatoms. The normalized spacial score (nSPS) is 18.2. The first-order valence-electron chi connectivity index (χ1n) is 10.6. The molecule has 1 atom stereocenters. The van der Waals surface area contributed by atoms with E-state index in [0.717, 1.165) is 50.4 Å². The lowest BCUT2D eigenvalue weighted by Gasteiger charge is -2.36. The van der Waals surface area contributed by atoms with Crippen LogP contribution in [0.25, 0.3) is 0 Å². The zero-order valence-electron chi connectivity index (χ0n) is 17.5. The maximum atomic E-state index is 12.7. The topological polar surface area (TPSA) is 44.8 Å². The fourth-order valence-electron chi connectivity index (χ4n) is 4.44. The summed E-state index contributed by atoms with van der Waals surface area (Å²) in [6.45, 7) is 7.00. The van der Waals surface area contributed by atoms with Crippen LogP contribution < -0.4 is 10.2 Å². The van der Waals surface area contributed by atoms with E-state index in [0.29, 0.717) is 6.54 Å². The summed E-state index contributed by atoms with van der Waals surface area (Å²) >= 11 is 0. The van der Waals surface area contributed by atoms with E-state index in [1.807, 2.05) is 31.2 Å². The molecular weight excluding hydrogens is 362 g/mol. The van der Waals surface area contributed by atoms with E-state index >= 15 is 0 Å². The molecule has 1 saturated heterocycles. The smallest absolute Gasteiger partial charge is 0.251 e. The predicted octanol–water partition coefficient (Wildman–Crippen LogP) is 3.18. The maximum Gasteiger partial charge on any atom is 0.251 e. The van der Waals surface area contributed by atoms with Crippen molar-refractivity contribution in [3.63, 3.8) is 0 Å². The van der Waals surface area contributed by atoms with Gasteiger partial charge < -0.3 is 15.0 Å². The molecule has 2 heterocycles. The molecule has 1 fully saturated rings. The van der Waals surface area contributed by atoms with Crippen LogP contribution in [0.1, 0.15) is 39.5 Å². The van der Waals surface area contributed by atoms with Gasteiger partial charge in [-0.1, -0.05) is 29.8 Å². The molecule has 0 unspecified atom stereocenters. The molecule has 2 aliphatic heterocycles. The zero-order chi connectivity index (χ0) is 20.2. The Balaban J connectivity index is 1.54. The Labute approximate surface area is 173 Å². The van der Waals surface area contributed by atoms with Crippen LogP contribution in [-0.2, 0) is 11.2 Å². The van der Waals surface area contributed by atoms with Crippen molar-refractivity contribution in [1.29, 1.82) is 0 Å². The van der Waals surface area contributed by atoms with Crippen LogP contribution in [0.3, 0.4) is 0 Å². The number of nitrogens with zero attached hydrogens (tertiary/aromatic N) is 2. The molecule has 0 saturated carbocycles. The summed E-state index contributed by atoms with van der Waals surface area (Å²) in [5.41, 5.74) is 5.86. The second-order valence-corrected chi connectivity index (χ2v) is 8.16. The van der Waals surface area contributed by atoms with Gasteiger partial charge >= 0.3 is 0 Å². The van der Waals surface area contributed by atoms with Crippen LogP contribution in [0.5, 0.6) is 0 Å². The summed E-state index contributed by atoms with van der Waals surface area (Å²) in [6, 6.07) is 14.8. The monoisotopic (exact) mass is 393 g/mol. The molecule has 2 aromatic carbocycles. The number of anilines is 1. The second-order valence-electron chi connectivity index (χ2n) is 8.16. The number of hydrogen-bond donors (Lipinski definition) is 1. The van der Waals surface area contributed by atoms with Gasteiger partial charge in [0.15, 0.2) is 0 Å². The van der Waals surface area contributed by atoms with Gasteiger partial charge in [0, 0.05) is 44.5 Å². The number of hydrogen-bond acceptors (Lipinski definition) is 4. The van der Waals surface area contributed by atoms with Gasteiger partial charge in [-0.25, -0.2) is 0 Å². The number of ether oxygens (including phenoxy) is 1. The summed E-state index contributed by atoms with van der Waals surface area (Å²) in [6.07, 6.45) is 2.32. The highest BCUT2D eigenvalue weighted by Gasteiger charge is 2.25. The molecule has 0 aliphatic carbocycles. The number of fused-ring (bicyclic) bond motifs is 1. The predicted molar refractivity (Wildman–Crippen MR) is 117 cm³/mol. The van der Waals surface area contributed by atoms with Crippen molar-refractivity contribution < 1.29 is 9.53 Å². The largest absolute Gasteiger partial charge is 0.379 e. The third-order valence-corrected chi connectivity index (χ3v) is 6.06. The Morgan fingerprint density at radius 2 is 1.97 bits per heavy atom. The molecule has 4 rings (SSSR count). The number of carbonyl (C=O) groups is 1. The van der Waals surface area contributed by atoms with E-state index in [2.05, 4.69) is 40.4 Å². The molecule has 1 N–H and O–H groups in total. The number of nitrogens with one attached hydrogen (secondary N) is 1. The maximum absolute atomic E-state index is 12.7. The zero-order valence-corrected chi connectivity index (χ0v) is 17.5. The lowest BCUT2D eigenvalue weighted by Crippen LogP contribution is -2.44. The van der Waals surface area contributed by atoms with Crippen molar-refractivity contribution in [3.05, 3.63) is 64.7 Å². The summed E-state index contributed by atoms with van der Waals surface area (Å²) in [4.78, 5) is 17.5. The molecule has 5 nitrogen and oxygen atoms in total. The minimum atomic E-state index is -0.00958. The van der Waals surface area contributed by atoms with Gasteiger partial charge in [-0.05, 0) is 49.1 Å². The van der Waals surface area contributed by atoms with Crippen LogP contribution in [0.4, 0.5) is 5.69 Å². The first kappa shape index (κ1) is 19.9. The molecule has 29 heavy (non-hydrogen) atoms. The molecular formula is C24H31N3O2. The number of benzene rings is 2. The van der Waals surface area contributed by atoms with Gasteiger partial charge in [-0.15, -0.1) is 0 Å². The van der Waals surface area contributed by atoms with Crippen molar-refractivity contribution in [2.45, 2.75) is 25.8 Å². The SMILES string of the molecule is Cc1cccc(C(=O)NC[C@H](c2ccc3c(c2)CCCN3C)N2CCOCC2)c1. The highest BCUT2D eigenvalue weighted by atomic mass is 16.5. The van der Waals surface area contributed by atoms with E-state index in [4.69, 9.17) is 4.74 Å². The second kappa shape index (κ2) is 8.97. The number of amides is 1. The Morgan fingerprint density at radius 3 is 2.76 bits per heavy atom. The number of aryl methyl sites for hydroxylation is 2. The summed E-state index contributed by atoms with van der Waals surface area (Å²) in [5.74, 6) is -0.00958. The molecule has 154 valence electrons. The Hall–Kier alpha value is -2.37. The molecule has 0 bridgehead atoms. The van der Waals surface area contributed by atoms with Crippen molar-refractivity contribution in [2.75, 3.05) is 51.3 Å². The van der Waals surface area contributed by atoms with Crippen LogP contribution in [-0.4, -0.2) is 57.2 Å². The summed E-state index contributed by atoms with van der Waals surface area (Å²) < 4.78 is 5.56. The van der Waals surface area contributed by atoms with Gasteiger partial charge in [0.25, 0.3) is 5.91 Å². The molecule has 2 aromatic rings. The van der Waals surface area contributed by atoms with E-state index in [1.54, 1.807) is 0 Å². The van der Waals surface area contributed by atoms with Crippen molar-refractivity contribution in [1.82, 2.24) is 10.2 Å². The molecule has 1 amide bonds. The Kier molecular flexibility index (Phi) is 6.16. The molecule has 0 spiro atoms. The Morgan fingerprint density at radius 1 is 1.14 bits per heavy atom. The van der Waals surface area contributed by atoms with Crippen LogP contribution in [0.15, 0.2) is 42.5 Å². The highest BCUT2D eigenvalue weighted by Crippen LogP contribution is 2.31. The van der Waals surface area contributed by atoms with Gasteiger partial charge in [0.1, 0.15) is 0 Å². The van der Waals surface area contributed by atoms with Gasteiger partial charge in [0.05, 0.1) is 19.3 Å². The van der Waals surface area contributed by atoms with E-state index in [1.165, 1.54) is 23.2 Å². The first-order valence-corrected chi connectivity index (χ1v) is 10.6. The average molecular weight is 394 g/mol. The van der Waals surface area contributed by atoms with Gasteiger partial charge in [-0.2, -0.15) is 0 Å². The first-order chi connectivity index (χ1) is 14.1. The summed E-state index contributed by atoms with van der Waals surface area (Å²) in [7, 11) is 2.17. The van der Waals surface area contributed by atoms with Crippen LogP contribution in [0.2, 0.25) is 0 Å². The number of rotatable bonds is 5. The minimum absolute atomic E-state index is 0.00958. The van der Waals surface area contributed by atoms with E-state index < -0.39 is 0 Å². The standard InChI is InChI=1S/C24H31N3O2/c1-18-5-3-6-21(15-18)24(28)25-17-23(27-11-13-29-14-12-27)20-8-9-22-19(16-20)7-4-10-26(22)2/h3,5-6,8-9,15-16,23H,4,7,10-14,17H2,1-2H3,(H,25,28)/t23-/m1/s1. The fourth-order valence-corrected chi connectivity index (χ4v) is 4.44. The fraction of sp³-hybridized carbons (Fsp3) is 0.458. The quantitative estimate of drug-likeness (QED) is 0.848. The minimum Gasteiger partial charge on any atom is -0.379 e. The average Bonchev–Trinajstić information content (AvgIpc) is 2.74. The lowest BCUT2D eigenvalue weighted by atomic mass is 9.95. The van der Waals surface area contributed by atoms with E-state index in [-0.39, 0.29) is 11.9 Å². The third-order valence-electron chi connectivity index (χ3n) is 6.06. The third kappa shape index (κ3) is 4.62. The number of carbonyl (C=O) groups excluding carboxylic acids is 1. The van der Waals surface area contributed by atoms with E-state index in [9.17, 15) is 4.79 Å². The Bertz CT molecular complexity index is 861. The molecule has 0 aromatic heterocycles. The van der Waals surface area contributed by atoms with Gasteiger partial charge in [0.2, 0.25) is 0 Å². The summed E-state index contributed by atoms with van der Waals surface area (Å²) in [5, 5.41) is 3.18. The molecule has 2 aliphatic rings. The lowest BCUT2D eigenvalue weighted by molar-refractivity contribution is 0.0162. The highest BCUT2D eigenvalue weighted by molar-refractivity contribution is 5.94. The van der Waals surface area contributed by atoms with Crippen molar-refractivity contribution in [2.24, 2.45) is 0 Å². The van der Waals surface area contributed by atoms with Crippen LogP contribution >= 0.6 is 0 Å². The van der Waals surface area contributed by atoms with Crippen molar-refractivity contribution in [3.8, 4) is 0 Å².